The molecule has 0 radical (unpaired) electrons. The second kappa shape index (κ2) is 4.47. The molecule has 0 heterocycles. The summed E-state index contributed by atoms with van der Waals surface area (Å²) in [5.41, 5.74) is 0. The molecule has 0 bridgehead atoms. The summed E-state index contributed by atoms with van der Waals surface area (Å²) in [4.78, 5) is 19.9. The lowest BCUT2D eigenvalue weighted by molar-refractivity contribution is -0.145. The molecule has 0 saturated heterocycles. The van der Waals surface area contributed by atoms with Gasteiger partial charge in [0.25, 0.3) is 0 Å². The van der Waals surface area contributed by atoms with Gasteiger partial charge in [0.2, 0.25) is 0 Å². The summed E-state index contributed by atoms with van der Waals surface area (Å²) in [7, 11) is 0. The van der Waals surface area contributed by atoms with Gasteiger partial charge in [0, 0.05) is 0 Å². The van der Waals surface area contributed by atoms with E-state index in [4.69, 9.17) is 20.4 Å². The number of hydrogen-bond acceptors (Lipinski definition) is 4. The van der Waals surface area contributed by atoms with Crippen molar-refractivity contribution in [3.63, 3.8) is 0 Å². The van der Waals surface area contributed by atoms with E-state index in [1.807, 2.05) is 0 Å². The van der Waals surface area contributed by atoms with Crippen LogP contribution in [0.2, 0.25) is 0 Å². The van der Waals surface area contributed by atoms with Crippen LogP contribution in [0.25, 0.3) is 0 Å². The third-order valence-electron chi connectivity index (χ3n) is 0.982. The van der Waals surface area contributed by atoms with Crippen LogP contribution in [0.5, 0.6) is 0 Å². The number of aliphatic carboxylic acids is 2. The van der Waals surface area contributed by atoms with E-state index in [1.54, 1.807) is 0 Å². The molecule has 0 aromatic rings. The Morgan fingerprint density at radius 2 is 1.17 bits per heavy atom. The molecule has 0 aliphatic rings. The molecule has 6 heteroatoms. The average Bonchev–Trinajstić information content (AvgIpc) is 1.98. The highest BCUT2D eigenvalue weighted by Gasteiger charge is 2.12. The van der Waals surface area contributed by atoms with E-state index in [0.717, 1.165) is 0 Å². The Kier molecular flexibility index (Phi) is 3.95. The van der Waals surface area contributed by atoms with Crippen molar-refractivity contribution in [2.75, 3.05) is 0 Å². The quantitative estimate of drug-likeness (QED) is 0.385. The molecule has 0 fully saturated rings. The summed E-state index contributed by atoms with van der Waals surface area (Å²) in [5, 5.41) is 33.3. The maximum Gasteiger partial charge on any atom is 0.336 e. The first-order valence-corrected chi connectivity index (χ1v) is 2.95. The highest BCUT2D eigenvalue weighted by Crippen LogP contribution is 1.90. The molecule has 4 N–H and O–H groups in total. The fourth-order valence-electron chi connectivity index (χ4n) is 0.375. The van der Waals surface area contributed by atoms with Gasteiger partial charge < -0.3 is 20.4 Å². The summed E-state index contributed by atoms with van der Waals surface area (Å²) in [6, 6.07) is 0. The number of rotatable bonds is 4. The molecule has 0 rings (SSSR count). The molecule has 0 aliphatic heterocycles. The molecule has 2 unspecified atom stereocenters. The van der Waals surface area contributed by atoms with Gasteiger partial charge in [-0.1, -0.05) is 0 Å². The summed E-state index contributed by atoms with van der Waals surface area (Å²) in [6.45, 7) is 0. The number of carboxylic acids is 2. The van der Waals surface area contributed by atoms with Crippen LogP contribution in [-0.4, -0.2) is 44.6 Å². The SMILES string of the molecule is O=C(O)C(O)/C=C/C(O)C(=O)O. The first-order chi connectivity index (χ1) is 5.45. The highest BCUT2D eigenvalue weighted by atomic mass is 16.4. The molecule has 68 valence electrons. The fourth-order valence-corrected chi connectivity index (χ4v) is 0.375. The molecule has 2 atom stereocenters. The van der Waals surface area contributed by atoms with Crippen LogP contribution in [0.15, 0.2) is 12.2 Å². The van der Waals surface area contributed by atoms with Crippen molar-refractivity contribution < 1.29 is 30.0 Å². The van der Waals surface area contributed by atoms with Crippen LogP contribution in [0.4, 0.5) is 0 Å². The highest BCUT2D eigenvalue weighted by molar-refractivity contribution is 5.76. The maximum absolute atomic E-state index is 9.95. The minimum Gasteiger partial charge on any atom is -0.479 e. The predicted octanol–water partition coefficient (Wildman–Crippen LogP) is -1.57. The van der Waals surface area contributed by atoms with Crippen molar-refractivity contribution in [2.45, 2.75) is 12.2 Å². The topological polar surface area (TPSA) is 115 Å². The van der Waals surface area contributed by atoms with Crippen LogP contribution in [0.1, 0.15) is 0 Å². The zero-order valence-electron chi connectivity index (χ0n) is 5.91. The largest absolute Gasteiger partial charge is 0.479 e. The van der Waals surface area contributed by atoms with Gasteiger partial charge in [-0.15, -0.1) is 0 Å². The summed E-state index contributed by atoms with van der Waals surface area (Å²) >= 11 is 0. The Morgan fingerprint density at radius 3 is 1.33 bits per heavy atom. The Morgan fingerprint density at radius 1 is 0.917 bits per heavy atom. The Labute approximate surface area is 67.4 Å². The molecule has 0 spiro atoms. The Hall–Kier alpha value is -1.40. The van der Waals surface area contributed by atoms with Crippen molar-refractivity contribution in [1.82, 2.24) is 0 Å². The first kappa shape index (κ1) is 10.6. The van der Waals surface area contributed by atoms with Crippen molar-refractivity contribution in [2.24, 2.45) is 0 Å². The molecule has 0 aromatic heterocycles. The van der Waals surface area contributed by atoms with Gasteiger partial charge in [0.15, 0.2) is 12.2 Å². The Bertz CT molecular complexity index is 186. The van der Waals surface area contributed by atoms with Crippen LogP contribution in [0.3, 0.4) is 0 Å². The first-order valence-electron chi connectivity index (χ1n) is 2.95. The third-order valence-corrected chi connectivity index (χ3v) is 0.982. The molecule has 0 saturated carbocycles. The summed E-state index contributed by atoms with van der Waals surface area (Å²) < 4.78 is 0. The van der Waals surface area contributed by atoms with Crippen molar-refractivity contribution in [1.29, 1.82) is 0 Å². The smallest absolute Gasteiger partial charge is 0.336 e. The zero-order chi connectivity index (χ0) is 9.72. The molecule has 12 heavy (non-hydrogen) atoms. The van der Waals surface area contributed by atoms with Crippen LogP contribution >= 0.6 is 0 Å². The van der Waals surface area contributed by atoms with E-state index in [0.29, 0.717) is 12.2 Å². The van der Waals surface area contributed by atoms with Gasteiger partial charge in [-0.05, 0) is 12.2 Å². The number of aliphatic hydroxyl groups is 2. The van der Waals surface area contributed by atoms with Gasteiger partial charge in [-0.2, -0.15) is 0 Å². The number of carboxylic acid groups (broad SMARTS) is 2. The third kappa shape index (κ3) is 3.69. The van der Waals surface area contributed by atoms with Crippen molar-refractivity contribution >= 4 is 11.9 Å². The summed E-state index contributed by atoms with van der Waals surface area (Å²) in [5.74, 6) is -3.02. The Balaban J connectivity index is 4.06. The van der Waals surface area contributed by atoms with Gasteiger partial charge in [0.1, 0.15) is 0 Å². The molecule has 0 aromatic carbocycles. The zero-order valence-corrected chi connectivity index (χ0v) is 5.91. The van der Waals surface area contributed by atoms with Crippen LogP contribution in [0, 0.1) is 0 Å². The van der Waals surface area contributed by atoms with E-state index in [9.17, 15) is 9.59 Å². The van der Waals surface area contributed by atoms with Gasteiger partial charge >= 0.3 is 11.9 Å². The predicted molar refractivity (Wildman–Crippen MR) is 36.4 cm³/mol. The average molecular weight is 176 g/mol. The molecular weight excluding hydrogens is 168 g/mol. The van der Waals surface area contributed by atoms with E-state index in [1.165, 1.54) is 0 Å². The number of hydrogen-bond donors (Lipinski definition) is 4. The number of aliphatic hydroxyl groups excluding tert-OH is 2. The fraction of sp³-hybridized carbons (Fsp3) is 0.333. The second-order valence-electron chi connectivity index (χ2n) is 1.95. The molecule has 6 nitrogen and oxygen atoms in total. The van der Waals surface area contributed by atoms with Crippen LogP contribution in [-0.2, 0) is 9.59 Å². The molecular formula is C6H8O6. The van der Waals surface area contributed by atoms with E-state index in [-0.39, 0.29) is 0 Å². The van der Waals surface area contributed by atoms with E-state index in [2.05, 4.69) is 0 Å². The van der Waals surface area contributed by atoms with Crippen LogP contribution < -0.4 is 0 Å². The van der Waals surface area contributed by atoms with Gasteiger partial charge in [0.05, 0.1) is 0 Å². The minimum absolute atomic E-state index is 0.682. The standard InChI is InChI=1S/C6H8O6/c7-3(5(9)10)1-2-4(8)6(11)12/h1-4,7-8H,(H,9,10)(H,11,12)/b2-1+. The maximum atomic E-state index is 9.95. The van der Waals surface area contributed by atoms with E-state index >= 15 is 0 Å². The van der Waals surface area contributed by atoms with Gasteiger partial charge in [-0.25, -0.2) is 9.59 Å². The van der Waals surface area contributed by atoms with E-state index < -0.39 is 24.1 Å². The summed E-state index contributed by atoms with van der Waals surface area (Å²) in [6.07, 6.45) is -2.22. The second-order valence-corrected chi connectivity index (χ2v) is 1.95. The normalized spacial score (nSPS) is 15.8. The lowest BCUT2D eigenvalue weighted by Gasteiger charge is -1.99. The lowest BCUT2D eigenvalue weighted by Crippen LogP contribution is -2.20. The molecule has 0 aliphatic carbocycles. The lowest BCUT2D eigenvalue weighted by atomic mass is 10.2. The van der Waals surface area contributed by atoms with Gasteiger partial charge in [-0.3, -0.25) is 0 Å². The monoisotopic (exact) mass is 176 g/mol. The van der Waals surface area contributed by atoms with Crippen molar-refractivity contribution in [3.05, 3.63) is 12.2 Å². The number of carbonyl (C=O) groups is 2. The van der Waals surface area contributed by atoms with Crippen molar-refractivity contribution in [3.8, 4) is 0 Å². The minimum atomic E-state index is -1.79. The molecule has 0 amide bonds.